The number of hydrogen-bond acceptors (Lipinski definition) is 1. The first-order chi connectivity index (χ1) is 22.8. The minimum Gasteiger partial charge on any atom is -0.309 e. The van der Waals surface area contributed by atoms with Gasteiger partial charge in [0.1, 0.15) is 0 Å². The smallest absolute Gasteiger partial charge is 0.0541 e. The van der Waals surface area contributed by atoms with Gasteiger partial charge in [-0.2, -0.15) is 0 Å². The van der Waals surface area contributed by atoms with Crippen molar-refractivity contribution < 1.29 is 0 Å². The largest absolute Gasteiger partial charge is 0.309 e. The molecule has 2 aromatic heterocycles. The lowest BCUT2D eigenvalue weighted by atomic mass is 9.85. The van der Waals surface area contributed by atoms with Crippen LogP contribution in [0.3, 0.4) is 0 Å². The molecule has 46 heavy (non-hydrogen) atoms. The van der Waals surface area contributed by atoms with Crippen molar-refractivity contribution in [2.75, 3.05) is 0 Å². The highest BCUT2D eigenvalue weighted by Crippen LogP contribution is 2.36. The van der Waals surface area contributed by atoms with Gasteiger partial charge in [0.05, 0.1) is 11.0 Å². The van der Waals surface area contributed by atoms with Crippen LogP contribution in [0.5, 0.6) is 0 Å². The van der Waals surface area contributed by atoms with Crippen LogP contribution in [0.4, 0.5) is 0 Å². The molecular formula is C44H34N2. The average Bonchev–Trinajstić information content (AvgIpc) is 3.47. The van der Waals surface area contributed by atoms with Gasteiger partial charge in [0.15, 0.2) is 0 Å². The predicted molar refractivity (Wildman–Crippen MR) is 192 cm³/mol. The van der Waals surface area contributed by atoms with E-state index in [1.54, 1.807) is 0 Å². The summed E-state index contributed by atoms with van der Waals surface area (Å²) in [4.78, 5) is 4.36. The average molecular weight is 591 g/mol. The Balaban J connectivity index is 1.14. The monoisotopic (exact) mass is 590 g/mol. The van der Waals surface area contributed by atoms with Crippen molar-refractivity contribution in [2.24, 2.45) is 0 Å². The fourth-order valence-electron chi connectivity index (χ4n) is 6.84. The standard InChI is InChI=1S/C44H34N2/c1-3-11-33(12-4-1)34-18-22-36(23-19-34)40(27-17-32-10-9-29-45-31-32)37-24-20-35(21-25-37)38-26-28-44-42(30-38)41-15-7-8-16-43(41)46(44)39-13-5-2-6-14-39/h1-16,18-26,28-31,40H,17,27H2. The number of hydrogen-bond donors (Lipinski definition) is 0. The third-order valence-electron chi connectivity index (χ3n) is 9.20. The van der Waals surface area contributed by atoms with Gasteiger partial charge in [0, 0.05) is 34.8 Å². The van der Waals surface area contributed by atoms with Crippen molar-refractivity contribution in [1.29, 1.82) is 0 Å². The SMILES string of the molecule is c1ccc(-c2ccc(C(CCc3cccnc3)c3ccc(-c4ccc5c(c4)c4ccccc4n5-c4ccccc4)cc3)cc2)cc1. The normalized spacial score (nSPS) is 12.0. The fraction of sp³-hybridized carbons (Fsp3) is 0.0682. The number of aromatic nitrogens is 2. The van der Waals surface area contributed by atoms with Crippen LogP contribution >= 0.6 is 0 Å². The summed E-state index contributed by atoms with van der Waals surface area (Å²) >= 11 is 0. The zero-order chi connectivity index (χ0) is 30.7. The Labute approximate surface area is 270 Å². The highest BCUT2D eigenvalue weighted by molar-refractivity contribution is 6.10. The molecule has 2 heteroatoms. The zero-order valence-electron chi connectivity index (χ0n) is 25.6. The molecule has 0 N–H and O–H groups in total. The Morgan fingerprint density at radius 3 is 1.76 bits per heavy atom. The van der Waals surface area contributed by atoms with Crippen LogP contribution in [0.2, 0.25) is 0 Å². The van der Waals surface area contributed by atoms with E-state index in [2.05, 4.69) is 167 Å². The third-order valence-corrected chi connectivity index (χ3v) is 9.20. The molecule has 0 bridgehead atoms. The van der Waals surface area contributed by atoms with Gasteiger partial charge in [-0.15, -0.1) is 0 Å². The van der Waals surface area contributed by atoms with E-state index in [0.29, 0.717) is 0 Å². The van der Waals surface area contributed by atoms with Crippen LogP contribution in [0.1, 0.15) is 29.0 Å². The second-order valence-corrected chi connectivity index (χ2v) is 12.0. The topological polar surface area (TPSA) is 17.8 Å². The fourth-order valence-corrected chi connectivity index (χ4v) is 6.84. The predicted octanol–water partition coefficient (Wildman–Crippen LogP) is 11.3. The van der Waals surface area contributed by atoms with Gasteiger partial charge in [-0.1, -0.05) is 127 Å². The van der Waals surface area contributed by atoms with Crippen LogP contribution in [0.25, 0.3) is 49.7 Å². The highest BCUT2D eigenvalue weighted by atomic mass is 15.0. The van der Waals surface area contributed by atoms with Gasteiger partial charge < -0.3 is 4.57 Å². The van der Waals surface area contributed by atoms with E-state index in [1.165, 1.54) is 66.4 Å². The molecule has 0 saturated carbocycles. The minimum absolute atomic E-state index is 0.283. The van der Waals surface area contributed by atoms with E-state index in [9.17, 15) is 0 Å². The molecular weight excluding hydrogens is 556 g/mol. The Bertz CT molecular complexity index is 2220. The van der Waals surface area contributed by atoms with E-state index in [0.717, 1.165) is 12.8 Å². The lowest BCUT2D eigenvalue weighted by molar-refractivity contribution is 0.714. The highest BCUT2D eigenvalue weighted by Gasteiger charge is 2.17. The second kappa shape index (κ2) is 12.3. The van der Waals surface area contributed by atoms with Gasteiger partial charge >= 0.3 is 0 Å². The molecule has 0 saturated heterocycles. The molecule has 6 aromatic carbocycles. The van der Waals surface area contributed by atoms with Crippen molar-refractivity contribution in [3.05, 3.63) is 193 Å². The summed E-state index contributed by atoms with van der Waals surface area (Å²) in [6.45, 7) is 0. The minimum atomic E-state index is 0.283. The maximum atomic E-state index is 4.36. The van der Waals surface area contributed by atoms with Crippen LogP contribution in [-0.2, 0) is 6.42 Å². The van der Waals surface area contributed by atoms with Gasteiger partial charge in [0.2, 0.25) is 0 Å². The van der Waals surface area contributed by atoms with Gasteiger partial charge in [-0.05, 0) is 88.2 Å². The van der Waals surface area contributed by atoms with E-state index in [-0.39, 0.29) is 5.92 Å². The summed E-state index contributed by atoms with van der Waals surface area (Å²) in [7, 11) is 0. The molecule has 0 aliphatic heterocycles. The van der Waals surface area contributed by atoms with E-state index < -0.39 is 0 Å². The molecule has 8 aromatic rings. The summed E-state index contributed by atoms with van der Waals surface area (Å²) in [5.74, 6) is 0.283. The number of aryl methyl sites for hydroxylation is 1. The number of pyridine rings is 1. The maximum absolute atomic E-state index is 4.36. The molecule has 0 aliphatic carbocycles. The lowest BCUT2D eigenvalue weighted by Gasteiger charge is -2.19. The molecule has 2 nitrogen and oxygen atoms in total. The Kier molecular flexibility index (Phi) is 7.46. The number of benzene rings is 6. The number of fused-ring (bicyclic) bond motifs is 3. The Morgan fingerprint density at radius 1 is 0.478 bits per heavy atom. The van der Waals surface area contributed by atoms with Crippen molar-refractivity contribution in [1.82, 2.24) is 9.55 Å². The van der Waals surface area contributed by atoms with Crippen LogP contribution in [-0.4, -0.2) is 9.55 Å². The van der Waals surface area contributed by atoms with Crippen LogP contribution in [0.15, 0.2) is 176 Å². The molecule has 1 unspecified atom stereocenters. The second-order valence-electron chi connectivity index (χ2n) is 12.0. The number of nitrogens with zero attached hydrogens (tertiary/aromatic N) is 2. The molecule has 1 atom stereocenters. The molecule has 0 spiro atoms. The first-order valence-corrected chi connectivity index (χ1v) is 16.0. The first-order valence-electron chi connectivity index (χ1n) is 16.0. The van der Waals surface area contributed by atoms with Crippen molar-refractivity contribution >= 4 is 21.8 Å². The summed E-state index contributed by atoms with van der Waals surface area (Å²) < 4.78 is 2.37. The quantitative estimate of drug-likeness (QED) is 0.172. The summed E-state index contributed by atoms with van der Waals surface area (Å²) in [6.07, 6.45) is 5.83. The molecule has 8 rings (SSSR count). The molecule has 0 fully saturated rings. The van der Waals surface area contributed by atoms with Gasteiger partial charge in [-0.3, -0.25) is 4.98 Å². The third kappa shape index (κ3) is 5.39. The molecule has 0 amide bonds. The van der Waals surface area contributed by atoms with Crippen molar-refractivity contribution in [3.8, 4) is 27.9 Å². The number of rotatable bonds is 8. The lowest BCUT2D eigenvalue weighted by Crippen LogP contribution is -2.03. The molecule has 2 heterocycles. The first kappa shape index (κ1) is 27.8. The summed E-state index contributed by atoms with van der Waals surface area (Å²) in [5, 5.41) is 2.54. The zero-order valence-corrected chi connectivity index (χ0v) is 25.6. The molecule has 220 valence electrons. The van der Waals surface area contributed by atoms with Crippen LogP contribution in [0, 0.1) is 0 Å². The van der Waals surface area contributed by atoms with Crippen molar-refractivity contribution in [2.45, 2.75) is 18.8 Å². The summed E-state index contributed by atoms with van der Waals surface area (Å²) in [5.41, 5.74) is 12.5. The summed E-state index contributed by atoms with van der Waals surface area (Å²) in [6, 6.07) is 59.4. The van der Waals surface area contributed by atoms with Crippen LogP contribution < -0.4 is 0 Å². The Morgan fingerprint density at radius 2 is 1.07 bits per heavy atom. The van der Waals surface area contributed by atoms with Gasteiger partial charge in [-0.25, -0.2) is 0 Å². The Hall–Kier alpha value is -5.73. The van der Waals surface area contributed by atoms with E-state index in [4.69, 9.17) is 0 Å². The number of para-hydroxylation sites is 2. The molecule has 0 aliphatic rings. The molecule has 0 radical (unpaired) electrons. The van der Waals surface area contributed by atoms with Crippen molar-refractivity contribution in [3.63, 3.8) is 0 Å². The maximum Gasteiger partial charge on any atom is 0.0541 e. The van der Waals surface area contributed by atoms with Gasteiger partial charge in [0.25, 0.3) is 0 Å². The van der Waals surface area contributed by atoms with E-state index in [1.807, 2.05) is 18.5 Å². The van der Waals surface area contributed by atoms with E-state index >= 15 is 0 Å².